The number of benzene rings is 1. The van der Waals surface area contributed by atoms with Crippen molar-refractivity contribution in [2.45, 2.75) is 25.7 Å². The van der Waals surface area contributed by atoms with Gasteiger partial charge in [-0.3, -0.25) is 14.4 Å². The summed E-state index contributed by atoms with van der Waals surface area (Å²) in [5.74, 6) is 1.06. The van der Waals surface area contributed by atoms with Crippen LogP contribution in [0.15, 0.2) is 48.5 Å². The van der Waals surface area contributed by atoms with E-state index in [9.17, 15) is 14.4 Å². The van der Waals surface area contributed by atoms with Gasteiger partial charge in [0.05, 0.1) is 42.9 Å². The van der Waals surface area contributed by atoms with Crippen molar-refractivity contribution < 1.29 is 23.9 Å². The molecule has 1 aromatic carbocycles. The highest BCUT2D eigenvalue weighted by Gasteiger charge is 2.32. The lowest BCUT2D eigenvalue weighted by atomic mass is 10.1. The number of para-hydroxylation sites is 1. The molecule has 43 heavy (non-hydrogen) atoms. The van der Waals surface area contributed by atoms with Crippen molar-refractivity contribution in [3.05, 3.63) is 64.7 Å². The summed E-state index contributed by atoms with van der Waals surface area (Å²) >= 11 is 1.56. The summed E-state index contributed by atoms with van der Waals surface area (Å²) in [6.07, 6.45) is 3.62. The summed E-state index contributed by atoms with van der Waals surface area (Å²) in [4.78, 5) is 52.7. The average molecular weight is 601 g/mol. The van der Waals surface area contributed by atoms with Gasteiger partial charge >= 0.3 is 0 Å². The number of carbonyl (C=O) groups excluding carboxylic acids is 3. The van der Waals surface area contributed by atoms with Crippen LogP contribution in [-0.2, 0) is 20.7 Å². The van der Waals surface area contributed by atoms with Crippen LogP contribution in [0.5, 0.6) is 0 Å². The van der Waals surface area contributed by atoms with E-state index in [2.05, 4.69) is 4.90 Å². The van der Waals surface area contributed by atoms with Gasteiger partial charge in [0.15, 0.2) is 5.78 Å². The van der Waals surface area contributed by atoms with Gasteiger partial charge in [-0.25, -0.2) is 4.98 Å². The second kappa shape index (κ2) is 12.2. The van der Waals surface area contributed by atoms with Gasteiger partial charge in [0, 0.05) is 49.6 Å². The Morgan fingerprint density at radius 2 is 1.74 bits per heavy atom. The fourth-order valence-electron chi connectivity index (χ4n) is 6.20. The zero-order valence-electron chi connectivity index (χ0n) is 24.2. The molecule has 2 saturated heterocycles. The third-order valence-corrected chi connectivity index (χ3v) is 10.0. The van der Waals surface area contributed by atoms with E-state index in [4.69, 9.17) is 14.5 Å². The number of anilines is 2. The van der Waals surface area contributed by atoms with Crippen LogP contribution in [-0.4, -0.2) is 86.6 Å². The number of ketones is 1. The maximum absolute atomic E-state index is 14.1. The number of fused-ring (bicyclic) bond motifs is 3. The Kier molecular flexibility index (Phi) is 7.99. The maximum atomic E-state index is 14.1. The second-order valence-corrected chi connectivity index (χ2v) is 12.8. The zero-order chi connectivity index (χ0) is 29.3. The van der Waals surface area contributed by atoms with Gasteiger partial charge in [-0.1, -0.05) is 24.3 Å². The Bertz CT molecular complexity index is 1530. The van der Waals surface area contributed by atoms with E-state index in [-0.39, 0.29) is 23.5 Å². The molecular weight excluding hydrogens is 564 g/mol. The van der Waals surface area contributed by atoms with Gasteiger partial charge in [0.25, 0.3) is 5.91 Å². The number of nitrogens with zero attached hydrogens (tertiary/aromatic N) is 4. The van der Waals surface area contributed by atoms with E-state index in [1.165, 1.54) is 0 Å². The lowest BCUT2D eigenvalue weighted by molar-refractivity contribution is -0.140. The number of ether oxygens (including phenoxy) is 2. The minimum Gasteiger partial charge on any atom is -0.379 e. The molecular formula is C33H36N4O5S. The third kappa shape index (κ3) is 5.96. The number of hydrogen-bond acceptors (Lipinski definition) is 8. The number of Topliss-reactive ketones (excluding diaryl/α,β-unsaturated/α-hetero) is 1. The van der Waals surface area contributed by atoms with Crippen molar-refractivity contribution in [1.82, 2.24) is 9.88 Å². The molecule has 9 nitrogen and oxygen atoms in total. The first-order valence-corrected chi connectivity index (χ1v) is 16.1. The first-order valence-electron chi connectivity index (χ1n) is 15.3. The smallest absolute Gasteiger partial charge is 0.276 e. The van der Waals surface area contributed by atoms with Crippen LogP contribution in [0.3, 0.4) is 0 Å². The maximum Gasteiger partial charge on any atom is 0.276 e. The van der Waals surface area contributed by atoms with Crippen LogP contribution < -0.4 is 9.80 Å². The summed E-state index contributed by atoms with van der Waals surface area (Å²) in [5.41, 5.74) is 3.29. The molecule has 224 valence electrons. The highest BCUT2D eigenvalue weighted by molar-refractivity contribution is 7.17. The molecule has 0 radical (unpaired) electrons. The standard InChI is InChI=1S/C33H36N4O5S/c38-28(18-22-8-9-22)29-19-23-10-11-37(27-6-2-1-4-25(27)31(23)43-29)33(40)26-5-3-7-30(34-26)36-14-17-42-21-24(20-36)32(39)35-12-15-41-16-13-35/h1-7,19,22,24H,8-18,20-21H2. The van der Waals surface area contributed by atoms with Crippen molar-refractivity contribution in [3.8, 4) is 10.4 Å². The van der Waals surface area contributed by atoms with Crippen LogP contribution in [0, 0.1) is 11.8 Å². The SMILES string of the molecule is O=C(CC1CC1)c1cc2c(s1)-c1ccccc1N(C(=O)c1cccc(N3CCOCC(C(=O)N4CCOCC4)C3)n1)CC2. The number of morpholine rings is 1. The number of amides is 2. The minimum absolute atomic E-state index is 0.0773. The van der Waals surface area contributed by atoms with Crippen molar-refractivity contribution in [2.75, 3.05) is 69.0 Å². The molecule has 1 aliphatic carbocycles. The molecule has 1 atom stereocenters. The van der Waals surface area contributed by atoms with Crippen molar-refractivity contribution >= 4 is 40.4 Å². The summed E-state index contributed by atoms with van der Waals surface area (Å²) in [5, 5.41) is 0. The van der Waals surface area contributed by atoms with Crippen LogP contribution in [0.4, 0.5) is 11.5 Å². The molecule has 0 spiro atoms. The largest absolute Gasteiger partial charge is 0.379 e. The van der Waals surface area contributed by atoms with Crippen LogP contribution >= 0.6 is 11.3 Å². The van der Waals surface area contributed by atoms with Gasteiger partial charge in [0.1, 0.15) is 11.5 Å². The minimum atomic E-state index is -0.306. The molecule has 3 aromatic rings. The molecule has 1 saturated carbocycles. The quantitative estimate of drug-likeness (QED) is 0.390. The predicted molar refractivity (Wildman–Crippen MR) is 165 cm³/mol. The highest BCUT2D eigenvalue weighted by atomic mass is 32.1. The zero-order valence-corrected chi connectivity index (χ0v) is 25.0. The number of aromatic nitrogens is 1. The van der Waals surface area contributed by atoms with E-state index >= 15 is 0 Å². The summed E-state index contributed by atoms with van der Waals surface area (Å²) < 4.78 is 11.2. The normalized spacial score (nSPS) is 20.6. The molecule has 0 bridgehead atoms. The van der Waals surface area contributed by atoms with Gasteiger partial charge in [0.2, 0.25) is 5.91 Å². The van der Waals surface area contributed by atoms with E-state index in [1.54, 1.807) is 17.4 Å². The number of pyridine rings is 1. The summed E-state index contributed by atoms with van der Waals surface area (Å²) in [7, 11) is 0. The first-order chi connectivity index (χ1) is 21.0. The van der Waals surface area contributed by atoms with Crippen molar-refractivity contribution in [1.29, 1.82) is 0 Å². The number of carbonyl (C=O) groups is 3. The Hall–Kier alpha value is -3.60. The second-order valence-electron chi connectivity index (χ2n) is 11.8. The van der Waals surface area contributed by atoms with E-state index in [1.807, 2.05) is 52.3 Å². The molecule has 10 heteroatoms. The fraction of sp³-hybridized carbons (Fsp3) is 0.455. The number of rotatable bonds is 6. The van der Waals surface area contributed by atoms with Gasteiger partial charge < -0.3 is 24.2 Å². The average Bonchev–Trinajstić information content (AvgIpc) is 3.84. The monoisotopic (exact) mass is 600 g/mol. The highest BCUT2D eigenvalue weighted by Crippen LogP contribution is 2.43. The summed E-state index contributed by atoms with van der Waals surface area (Å²) in [6.45, 7) is 4.73. The fourth-order valence-corrected chi connectivity index (χ4v) is 7.39. The number of thiophene rings is 1. The molecule has 2 aromatic heterocycles. The third-order valence-electron chi connectivity index (χ3n) is 8.76. The van der Waals surface area contributed by atoms with Gasteiger partial charge in [-0.05, 0) is 55.0 Å². The van der Waals surface area contributed by atoms with Crippen molar-refractivity contribution in [3.63, 3.8) is 0 Å². The molecule has 4 aliphatic rings. The van der Waals surface area contributed by atoms with E-state index in [0.717, 1.165) is 39.4 Å². The Morgan fingerprint density at radius 3 is 2.58 bits per heavy atom. The molecule has 5 heterocycles. The molecule has 7 rings (SSSR count). The van der Waals surface area contributed by atoms with Crippen molar-refractivity contribution in [2.24, 2.45) is 11.8 Å². The van der Waals surface area contributed by atoms with Crippen LogP contribution in [0.25, 0.3) is 10.4 Å². The van der Waals surface area contributed by atoms with Crippen LogP contribution in [0.1, 0.15) is 45.0 Å². The molecule has 1 unspecified atom stereocenters. The van der Waals surface area contributed by atoms with Crippen LogP contribution in [0.2, 0.25) is 0 Å². The lowest BCUT2D eigenvalue weighted by Gasteiger charge is -2.31. The summed E-state index contributed by atoms with van der Waals surface area (Å²) in [6, 6.07) is 15.5. The van der Waals surface area contributed by atoms with Gasteiger partial charge in [-0.2, -0.15) is 0 Å². The predicted octanol–water partition coefficient (Wildman–Crippen LogP) is 4.31. The topological polar surface area (TPSA) is 92.3 Å². The van der Waals surface area contributed by atoms with Gasteiger partial charge in [-0.15, -0.1) is 11.3 Å². The number of hydrogen-bond donors (Lipinski definition) is 0. The first kappa shape index (κ1) is 28.2. The molecule has 0 N–H and O–H groups in total. The Balaban J connectivity index is 1.12. The Morgan fingerprint density at radius 1 is 0.930 bits per heavy atom. The Labute approximate surface area is 255 Å². The molecule has 3 fully saturated rings. The lowest BCUT2D eigenvalue weighted by Crippen LogP contribution is -2.47. The molecule has 3 aliphatic heterocycles. The molecule has 2 amide bonds. The van der Waals surface area contributed by atoms with E-state index < -0.39 is 0 Å². The van der Waals surface area contributed by atoms with E-state index in [0.29, 0.717) is 89.4 Å².